The number of halogens is 1. The lowest BCUT2D eigenvalue weighted by Gasteiger charge is -2.12. The van der Waals surface area contributed by atoms with Crippen LogP contribution in [-0.2, 0) is 11.3 Å². The molecular weight excluding hydrogens is 276 g/mol. The van der Waals surface area contributed by atoms with E-state index >= 15 is 0 Å². The van der Waals surface area contributed by atoms with Crippen LogP contribution < -0.4 is 4.74 Å². The molecule has 0 radical (unpaired) electrons. The fraction of sp³-hybridized carbons (Fsp3) is 0.333. The van der Waals surface area contributed by atoms with E-state index in [1.807, 2.05) is 26.0 Å². The Balaban J connectivity index is 2.53. The van der Waals surface area contributed by atoms with Crippen molar-refractivity contribution in [3.63, 3.8) is 0 Å². The maximum absolute atomic E-state index is 6.05. The number of rotatable bonds is 4. The number of aromatic nitrogens is 2. The molecule has 106 valence electrons. The van der Waals surface area contributed by atoms with E-state index in [4.69, 9.17) is 21.1 Å². The summed E-state index contributed by atoms with van der Waals surface area (Å²) in [6, 6.07) is 5.80. The van der Waals surface area contributed by atoms with Crippen LogP contribution in [0.5, 0.6) is 5.75 Å². The van der Waals surface area contributed by atoms with E-state index in [0.29, 0.717) is 17.6 Å². The summed E-state index contributed by atoms with van der Waals surface area (Å²) in [6.07, 6.45) is 0. The Labute approximate surface area is 123 Å². The zero-order valence-corrected chi connectivity index (χ0v) is 12.8. The van der Waals surface area contributed by atoms with Crippen LogP contribution in [0.15, 0.2) is 18.2 Å². The summed E-state index contributed by atoms with van der Waals surface area (Å²) < 4.78 is 10.4. The number of methoxy groups -OCH3 is 2. The number of aryl methyl sites for hydroxylation is 2. The molecule has 0 amide bonds. The zero-order chi connectivity index (χ0) is 14.7. The van der Waals surface area contributed by atoms with E-state index in [-0.39, 0.29) is 0 Å². The number of ether oxygens (including phenoxy) is 2. The first-order chi connectivity index (χ1) is 9.55. The van der Waals surface area contributed by atoms with Crippen LogP contribution in [0.1, 0.15) is 17.0 Å². The van der Waals surface area contributed by atoms with Crippen molar-refractivity contribution in [2.24, 2.45) is 0 Å². The van der Waals surface area contributed by atoms with Gasteiger partial charge in [-0.1, -0.05) is 11.6 Å². The van der Waals surface area contributed by atoms with Crippen LogP contribution in [0.3, 0.4) is 0 Å². The second-order valence-corrected chi connectivity index (χ2v) is 4.95. The van der Waals surface area contributed by atoms with Crippen molar-refractivity contribution in [2.45, 2.75) is 20.5 Å². The molecule has 0 fully saturated rings. The molecule has 5 heteroatoms. The molecule has 0 aliphatic heterocycles. The molecule has 0 bridgehead atoms. The molecule has 0 N–H and O–H groups in total. The van der Waals surface area contributed by atoms with Crippen molar-refractivity contribution in [2.75, 3.05) is 14.2 Å². The van der Waals surface area contributed by atoms with Crippen LogP contribution >= 0.6 is 11.6 Å². The molecule has 0 spiro atoms. The van der Waals surface area contributed by atoms with Gasteiger partial charge < -0.3 is 9.47 Å². The SMILES string of the molecule is COCc1nc(Cl)cc(-c2cc(C)c(OC)cc2C)n1. The van der Waals surface area contributed by atoms with Gasteiger partial charge in [0.05, 0.1) is 12.8 Å². The van der Waals surface area contributed by atoms with E-state index < -0.39 is 0 Å². The highest BCUT2D eigenvalue weighted by Gasteiger charge is 2.11. The number of nitrogens with zero attached hydrogens (tertiary/aromatic N) is 2. The van der Waals surface area contributed by atoms with E-state index in [1.165, 1.54) is 0 Å². The second kappa shape index (κ2) is 6.20. The van der Waals surface area contributed by atoms with Gasteiger partial charge in [0.25, 0.3) is 0 Å². The highest BCUT2D eigenvalue weighted by atomic mass is 35.5. The molecule has 4 nitrogen and oxygen atoms in total. The Hall–Kier alpha value is -1.65. The van der Waals surface area contributed by atoms with Crippen LogP contribution in [-0.4, -0.2) is 24.2 Å². The lowest BCUT2D eigenvalue weighted by Crippen LogP contribution is -2.00. The number of hydrogen-bond donors (Lipinski definition) is 0. The van der Waals surface area contributed by atoms with Crippen LogP contribution in [0, 0.1) is 13.8 Å². The minimum Gasteiger partial charge on any atom is -0.496 e. The normalized spacial score (nSPS) is 10.7. The maximum atomic E-state index is 6.05. The summed E-state index contributed by atoms with van der Waals surface area (Å²) in [5.41, 5.74) is 3.94. The van der Waals surface area contributed by atoms with Crippen molar-refractivity contribution in [1.29, 1.82) is 0 Å². The van der Waals surface area contributed by atoms with Gasteiger partial charge in [0.15, 0.2) is 5.82 Å². The highest BCUT2D eigenvalue weighted by molar-refractivity contribution is 6.29. The molecule has 2 aromatic rings. The molecule has 0 atom stereocenters. The predicted molar refractivity (Wildman–Crippen MR) is 79.2 cm³/mol. The van der Waals surface area contributed by atoms with E-state index in [1.54, 1.807) is 20.3 Å². The van der Waals surface area contributed by atoms with Gasteiger partial charge in [-0.3, -0.25) is 0 Å². The molecule has 2 rings (SSSR count). The first-order valence-electron chi connectivity index (χ1n) is 6.23. The van der Waals surface area contributed by atoms with Gasteiger partial charge in [0.2, 0.25) is 0 Å². The van der Waals surface area contributed by atoms with Crippen LogP contribution in [0.4, 0.5) is 0 Å². The lowest BCUT2D eigenvalue weighted by atomic mass is 10.0. The van der Waals surface area contributed by atoms with Crippen molar-refractivity contribution in [3.05, 3.63) is 40.3 Å². The Morgan fingerprint density at radius 3 is 2.45 bits per heavy atom. The van der Waals surface area contributed by atoms with E-state index in [0.717, 1.165) is 28.1 Å². The second-order valence-electron chi connectivity index (χ2n) is 4.56. The molecule has 20 heavy (non-hydrogen) atoms. The third-order valence-electron chi connectivity index (χ3n) is 3.03. The summed E-state index contributed by atoms with van der Waals surface area (Å²) >= 11 is 6.05. The van der Waals surface area contributed by atoms with Crippen molar-refractivity contribution < 1.29 is 9.47 Å². The smallest absolute Gasteiger partial charge is 0.156 e. The summed E-state index contributed by atoms with van der Waals surface area (Å²) in [5.74, 6) is 1.44. The first-order valence-corrected chi connectivity index (χ1v) is 6.61. The molecule has 0 saturated heterocycles. The molecule has 1 aromatic carbocycles. The summed E-state index contributed by atoms with van der Waals surface area (Å²) in [7, 11) is 3.27. The topological polar surface area (TPSA) is 44.2 Å². The summed E-state index contributed by atoms with van der Waals surface area (Å²) in [4.78, 5) is 8.63. The largest absolute Gasteiger partial charge is 0.496 e. The predicted octanol–water partition coefficient (Wildman–Crippen LogP) is 3.57. The number of benzene rings is 1. The Kier molecular flexibility index (Phi) is 4.57. The molecular formula is C15H17ClN2O2. The maximum Gasteiger partial charge on any atom is 0.156 e. The van der Waals surface area contributed by atoms with Gasteiger partial charge in [-0.05, 0) is 37.1 Å². The van der Waals surface area contributed by atoms with Crippen molar-refractivity contribution >= 4 is 11.6 Å². The molecule has 0 aliphatic rings. The Morgan fingerprint density at radius 2 is 1.80 bits per heavy atom. The average Bonchev–Trinajstić information content (AvgIpc) is 2.40. The molecule has 0 saturated carbocycles. The lowest BCUT2D eigenvalue weighted by molar-refractivity contribution is 0.178. The number of hydrogen-bond acceptors (Lipinski definition) is 4. The fourth-order valence-electron chi connectivity index (χ4n) is 2.08. The van der Waals surface area contributed by atoms with Crippen LogP contribution in [0.25, 0.3) is 11.3 Å². The Bertz CT molecular complexity index is 630. The van der Waals surface area contributed by atoms with E-state index in [9.17, 15) is 0 Å². The molecule has 1 heterocycles. The molecule has 0 aliphatic carbocycles. The monoisotopic (exact) mass is 292 g/mol. The van der Waals surface area contributed by atoms with Crippen LogP contribution in [0.2, 0.25) is 5.15 Å². The van der Waals surface area contributed by atoms with Gasteiger partial charge in [-0.2, -0.15) is 0 Å². The quantitative estimate of drug-likeness (QED) is 0.808. The minimum absolute atomic E-state index is 0.335. The molecule has 0 unspecified atom stereocenters. The molecule has 1 aromatic heterocycles. The van der Waals surface area contributed by atoms with Crippen molar-refractivity contribution in [1.82, 2.24) is 9.97 Å². The van der Waals surface area contributed by atoms with Gasteiger partial charge in [-0.25, -0.2) is 9.97 Å². The van der Waals surface area contributed by atoms with Gasteiger partial charge in [0.1, 0.15) is 17.5 Å². The third kappa shape index (κ3) is 3.08. The standard InChI is InChI=1S/C15H17ClN2O2/c1-9-6-13(20-4)10(2)5-11(9)12-7-14(16)18-15(17-12)8-19-3/h5-7H,8H2,1-4H3. The van der Waals surface area contributed by atoms with Gasteiger partial charge >= 0.3 is 0 Å². The highest BCUT2D eigenvalue weighted by Crippen LogP contribution is 2.30. The van der Waals surface area contributed by atoms with Gasteiger partial charge in [-0.15, -0.1) is 0 Å². The van der Waals surface area contributed by atoms with E-state index in [2.05, 4.69) is 9.97 Å². The summed E-state index contributed by atoms with van der Waals surface area (Å²) in [5, 5.41) is 0.412. The average molecular weight is 293 g/mol. The zero-order valence-electron chi connectivity index (χ0n) is 12.0. The fourth-order valence-corrected chi connectivity index (χ4v) is 2.28. The van der Waals surface area contributed by atoms with Crippen molar-refractivity contribution in [3.8, 4) is 17.0 Å². The minimum atomic E-state index is 0.335. The Morgan fingerprint density at radius 1 is 1.05 bits per heavy atom. The summed E-state index contributed by atoms with van der Waals surface area (Å²) in [6.45, 7) is 4.35. The van der Waals surface area contributed by atoms with Gasteiger partial charge in [0, 0.05) is 18.7 Å². The third-order valence-corrected chi connectivity index (χ3v) is 3.23. The first kappa shape index (κ1) is 14.8.